The first kappa shape index (κ1) is 19.9. The van der Waals surface area contributed by atoms with E-state index in [0.717, 1.165) is 66.7 Å². The molecule has 0 atom stereocenters. The molecule has 156 valence electrons. The summed E-state index contributed by atoms with van der Waals surface area (Å²) in [5, 5.41) is 5.98. The molecule has 0 aromatic carbocycles. The molecule has 8 nitrogen and oxygen atoms in total. The number of hydrogen-bond acceptors (Lipinski definition) is 5. The van der Waals surface area contributed by atoms with Gasteiger partial charge in [0.1, 0.15) is 17.1 Å². The molecule has 2 fully saturated rings. The van der Waals surface area contributed by atoms with Gasteiger partial charge in [-0.2, -0.15) is 0 Å². The first-order valence-corrected chi connectivity index (χ1v) is 11.1. The fraction of sp³-hybridized carbons (Fsp3) is 0.600. The Bertz CT molecular complexity index is 870. The van der Waals surface area contributed by atoms with Crippen LogP contribution >= 0.6 is 11.3 Å². The number of fused-ring (bicyclic) bond motifs is 1. The Morgan fingerprint density at radius 1 is 1.07 bits per heavy atom. The molecular weight excluding hydrogens is 392 g/mol. The summed E-state index contributed by atoms with van der Waals surface area (Å²) < 4.78 is 0. The Morgan fingerprint density at radius 2 is 1.76 bits per heavy atom. The highest BCUT2D eigenvalue weighted by molar-refractivity contribution is 7.17. The number of urea groups is 1. The van der Waals surface area contributed by atoms with Crippen molar-refractivity contribution in [1.29, 1.82) is 0 Å². The van der Waals surface area contributed by atoms with Gasteiger partial charge in [-0.1, -0.05) is 25.7 Å². The molecule has 1 aliphatic heterocycles. The molecule has 1 saturated carbocycles. The summed E-state index contributed by atoms with van der Waals surface area (Å²) in [7, 11) is 0. The van der Waals surface area contributed by atoms with E-state index in [9.17, 15) is 19.2 Å². The molecule has 3 aliphatic rings. The summed E-state index contributed by atoms with van der Waals surface area (Å²) in [5.41, 5.74) is 5.99. The van der Waals surface area contributed by atoms with Gasteiger partial charge >= 0.3 is 6.03 Å². The Morgan fingerprint density at radius 3 is 2.45 bits per heavy atom. The number of carbonyl (C=O) groups excluding carboxylic acids is 4. The molecule has 9 heteroatoms. The third-order valence-electron chi connectivity index (χ3n) is 6.18. The van der Waals surface area contributed by atoms with Crippen LogP contribution in [0.3, 0.4) is 0 Å². The quantitative estimate of drug-likeness (QED) is 0.650. The number of nitrogens with two attached hydrogens (primary N) is 1. The van der Waals surface area contributed by atoms with Gasteiger partial charge in [-0.05, 0) is 44.1 Å². The van der Waals surface area contributed by atoms with Gasteiger partial charge in [0.25, 0.3) is 11.8 Å². The summed E-state index contributed by atoms with van der Waals surface area (Å²) in [6.45, 7) is -0.368. The van der Waals surface area contributed by atoms with Crippen molar-refractivity contribution in [3.8, 4) is 0 Å². The molecule has 0 unspecified atom stereocenters. The van der Waals surface area contributed by atoms with Gasteiger partial charge in [-0.15, -0.1) is 11.3 Å². The first-order valence-electron chi connectivity index (χ1n) is 10.3. The second kappa shape index (κ2) is 7.78. The zero-order valence-electron chi connectivity index (χ0n) is 16.3. The summed E-state index contributed by atoms with van der Waals surface area (Å²) in [4.78, 5) is 52.1. The van der Waals surface area contributed by atoms with Crippen molar-refractivity contribution in [2.75, 3.05) is 11.9 Å². The zero-order valence-corrected chi connectivity index (χ0v) is 17.2. The Kier molecular flexibility index (Phi) is 5.33. The van der Waals surface area contributed by atoms with Gasteiger partial charge in [0.15, 0.2) is 0 Å². The fourth-order valence-corrected chi connectivity index (χ4v) is 6.03. The lowest BCUT2D eigenvalue weighted by molar-refractivity contribution is -0.134. The van der Waals surface area contributed by atoms with Gasteiger partial charge in [0.2, 0.25) is 5.91 Å². The maximum absolute atomic E-state index is 13.0. The molecule has 1 aromatic rings. The van der Waals surface area contributed by atoms with E-state index in [1.54, 1.807) is 0 Å². The lowest BCUT2D eigenvalue weighted by Crippen LogP contribution is -2.47. The normalized spacial score (nSPS) is 20.9. The SMILES string of the molecule is NC(=O)c1c(NC(=O)CN2C(=O)NC3(CCCCCC3)C2=O)sc2c1CCCC2. The minimum absolute atomic E-state index is 0.319. The zero-order chi connectivity index (χ0) is 20.6. The van der Waals surface area contributed by atoms with E-state index >= 15 is 0 Å². The van der Waals surface area contributed by atoms with Crippen molar-refractivity contribution in [3.05, 3.63) is 16.0 Å². The van der Waals surface area contributed by atoms with Crippen molar-refractivity contribution in [3.63, 3.8) is 0 Å². The third kappa shape index (κ3) is 3.63. The van der Waals surface area contributed by atoms with E-state index in [1.807, 2.05) is 0 Å². The molecule has 5 amide bonds. The maximum atomic E-state index is 13.0. The van der Waals surface area contributed by atoms with Crippen molar-refractivity contribution in [2.24, 2.45) is 5.73 Å². The van der Waals surface area contributed by atoms with Crippen LogP contribution in [0.5, 0.6) is 0 Å². The number of anilines is 1. The molecule has 1 aromatic heterocycles. The first-order chi connectivity index (χ1) is 13.9. The van der Waals surface area contributed by atoms with Crippen LogP contribution in [-0.4, -0.2) is 40.7 Å². The second-order valence-corrected chi connectivity index (χ2v) is 9.25. The standard InChI is InChI=1S/C20H26N4O4S/c21-16(26)15-12-7-3-4-8-13(12)29-17(15)22-14(25)11-24-18(27)20(23-19(24)28)9-5-1-2-6-10-20/h1-11H2,(H2,21,26)(H,22,25)(H,23,28). The average molecular weight is 419 g/mol. The van der Waals surface area contributed by atoms with Gasteiger partial charge in [0, 0.05) is 4.88 Å². The molecule has 4 N–H and O–H groups in total. The van der Waals surface area contributed by atoms with Crippen molar-refractivity contribution < 1.29 is 19.2 Å². The van der Waals surface area contributed by atoms with E-state index in [1.165, 1.54) is 11.3 Å². The van der Waals surface area contributed by atoms with Crippen molar-refractivity contribution in [1.82, 2.24) is 10.2 Å². The van der Waals surface area contributed by atoms with Crippen molar-refractivity contribution >= 4 is 40.1 Å². The van der Waals surface area contributed by atoms with Gasteiger partial charge in [0.05, 0.1) is 5.56 Å². The number of nitrogens with zero attached hydrogens (tertiary/aromatic N) is 1. The Balaban J connectivity index is 1.49. The highest BCUT2D eigenvalue weighted by Crippen LogP contribution is 2.38. The molecule has 29 heavy (non-hydrogen) atoms. The smallest absolute Gasteiger partial charge is 0.325 e. The number of primary amides is 1. The van der Waals surface area contributed by atoms with E-state index < -0.39 is 23.4 Å². The monoisotopic (exact) mass is 418 g/mol. The van der Waals surface area contributed by atoms with Crippen LogP contribution in [0.25, 0.3) is 0 Å². The Labute approximate surface area is 173 Å². The molecule has 0 radical (unpaired) electrons. The van der Waals surface area contributed by atoms with E-state index in [2.05, 4.69) is 10.6 Å². The number of amides is 5. The number of carbonyl (C=O) groups is 4. The highest BCUT2D eigenvalue weighted by Gasteiger charge is 2.51. The number of aryl methyl sites for hydroxylation is 1. The van der Waals surface area contributed by atoms with Gasteiger partial charge in [-0.3, -0.25) is 19.3 Å². The molecule has 0 bridgehead atoms. The van der Waals surface area contributed by atoms with Crippen LogP contribution in [0.4, 0.5) is 9.80 Å². The van der Waals surface area contributed by atoms with Crippen LogP contribution in [0.1, 0.15) is 72.2 Å². The average Bonchev–Trinajstić information content (AvgIpc) is 3.01. The van der Waals surface area contributed by atoms with E-state index in [0.29, 0.717) is 23.4 Å². The largest absolute Gasteiger partial charge is 0.365 e. The molecule has 1 saturated heterocycles. The Hall–Kier alpha value is -2.42. The lowest BCUT2D eigenvalue weighted by Gasteiger charge is -2.24. The third-order valence-corrected chi connectivity index (χ3v) is 7.38. The van der Waals surface area contributed by atoms with Gasteiger partial charge < -0.3 is 16.4 Å². The predicted molar refractivity (Wildman–Crippen MR) is 109 cm³/mol. The van der Waals surface area contributed by atoms with Crippen LogP contribution in [0, 0.1) is 0 Å². The molecule has 2 aliphatic carbocycles. The molecular formula is C20H26N4O4S. The predicted octanol–water partition coefficient (Wildman–Crippen LogP) is 2.31. The number of rotatable bonds is 4. The number of thiophene rings is 1. The van der Waals surface area contributed by atoms with Crippen molar-refractivity contribution in [2.45, 2.75) is 69.7 Å². The second-order valence-electron chi connectivity index (χ2n) is 8.15. The van der Waals surface area contributed by atoms with E-state index in [4.69, 9.17) is 5.73 Å². The number of imide groups is 1. The highest BCUT2D eigenvalue weighted by atomic mass is 32.1. The number of hydrogen-bond donors (Lipinski definition) is 3. The van der Waals surface area contributed by atoms with Crippen LogP contribution in [0.15, 0.2) is 0 Å². The minimum atomic E-state index is -0.867. The fourth-order valence-electron chi connectivity index (χ4n) is 4.72. The lowest BCUT2D eigenvalue weighted by atomic mass is 9.90. The summed E-state index contributed by atoms with van der Waals surface area (Å²) in [6.07, 6.45) is 8.75. The molecule has 1 spiro atoms. The summed E-state index contributed by atoms with van der Waals surface area (Å²) in [6, 6.07) is -0.521. The molecule has 4 rings (SSSR count). The van der Waals surface area contributed by atoms with E-state index in [-0.39, 0.29) is 12.5 Å². The summed E-state index contributed by atoms with van der Waals surface area (Å²) >= 11 is 1.37. The molecule has 2 heterocycles. The van der Waals surface area contributed by atoms with Crippen LogP contribution in [-0.2, 0) is 22.4 Å². The summed E-state index contributed by atoms with van der Waals surface area (Å²) in [5.74, 6) is -1.38. The maximum Gasteiger partial charge on any atom is 0.325 e. The topological polar surface area (TPSA) is 122 Å². The van der Waals surface area contributed by atoms with Gasteiger partial charge in [-0.25, -0.2) is 4.79 Å². The van der Waals surface area contributed by atoms with Crippen LogP contribution in [0.2, 0.25) is 0 Å². The van der Waals surface area contributed by atoms with Crippen LogP contribution < -0.4 is 16.4 Å². The number of nitrogens with one attached hydrogen (secondary N) is 2. The minimum Gasteiger partial charge on any atom is -0.365 e.